The van der Waals surface area contributed by atoms with Gasteiger partial charge in [0, 0.05) is 19.3 Å². The van der Waals surface area contributed by atoms with Gasteiger partial charge in [0.15, 0.2) is 0 Å². The van der Waals surface area contributed by atoms with Crippen LogP contribution in [0.3, 0.4) is 0 Å². The summed E-state index contributed by atoms with van der Waals surface area (Å²) in [7, 11) is 0. The molecule has 0 saturated heterocycles. The lowest BCUT2D eigenvalue weighted by atomic mass is 10.2. The smallest absolute Gasteiger partial charge is 0.307 e. The molecule has 0 unspecified atom stereocenters. The average molecular weight is 303 g/mol. The van der Waals surface area contributed by atoms with Gasteiger partial charge in [-0.1, -0.05) is 6.07 Å². The third-order valence-electron chi connectivity index (χ3n) is 3.47. The van der Waals surface area contributed by atoms with Crippen LogP contribution in [0, 0.1) is 6.92 Å². The van der Waals surface area contributed by atoms with Crippen molar-refractivity contribution in [2.45, 2.75) is 27.2 Å². The quantitative estimate of drug-likeness (QED) is 0.766. The molecule has 0 aliphatic carbocycles. The van der Waals surface area contributed by atoms with Crippen LogP contribution in [0.25, 0.3) is 5.65 Å². The number of rotatable bonds is 6. The van der Waals surface area contributed by atoms with E-state index in [0.29, 0.717) is 31.1 Å². The van der Waals surface area contributed by atoms with Crippen LogP contribution in [0.1, 0.15) is 36.5 Å². The number of imidazole rings is 1. The fourth-order valence-corrected chi connectivity index (χ4v) is 2.38. The van der Waals surface area contributed by atoms with Crippen LogP contribution in [0.5, 0.6) is 0 Å². The Kier molecular flexibility index (Phi) is 5.14. The molecule has 0 aliphatic heterocycles. The Bertz CT molecular complexity index is 678. The third-order valence-corrected chi connectivity index (χ3v) is 3.47. The summed E-state index contributed by atoms with van der Waals surface area (Å²) in [5, 5.41) is 0. The molecular weight excluding hydrogens is 282 g/mol. The molecule has 0 bridgehead atoms. The molecule has 0 aromatic carbocycles. The van der Waals surface area contributed by atoms with Crippen LogP contribution in [0.2, 0.25) is 0 Å². The van der Waals surface area contributed by atoms with Gasteiger partial charge in [-0.2, -0.15) is 0 Å². The number of esters is 1. The zero-order valence-corrected chi connectivity index (χ0v) is 13.2. The predicted octanol–water partition coefficient (Wildman–Crippen LogP) is 2.06. The highest BCUT2D eigenvalue weighted by atomic mass is 16.5. The summed E-state index contributed by atoms with van der Waals surface area (Å²) in [4.78, 5) is 30.3. The molecule has 22 heavy (non-hydrogen) atoms. The van der Waals surface area contributed by atoms with Crippen LogP contribution in [-0.2, 0) is 9.53 Å². The fourth-order valence-electron chi connectivity index (χ4n) is 2.38. The number of pyridine rings is 1. The summed E-state index contributed by atoms with van der Waals surface area (Å²) in [5.74, 6) is -0.411. The van der Waals surface area contributed by atoms with Crippen LogP contribution in [0.4, 0.5) is 0 Å². The molecule has 0 N–H and O–H groups in total. The normalized spacial score (nSPS) is 10.7. The first-order valence-corrected chi connectivity index (χ1v) is 7.47. The summed E-state index contributed by atoms with van der Waals surface area (Å²) >= 11 is 0. The van der Waals surface area contributed by atoms with E-state index < -0.39 is 0 Å². The molecule has 0 radical (unpaired) electrons. The first kappa shape index (κ1) is 16.0. The molecule has 0 atom stereocenters. The first-order valence-electron chi connectivity index (χ1n) is 7.47. The van der Waals surface area contributed by atoms with Crippen LogP contribution < -0.4 is 0 Å². The van der Waals surface area contributed by atoms with Crippen molar-refractivity contribution in [1.82, 2.24) is 14.3 Å². The second kappa shape index (κ2) is 7.06. The molecule has 118 valence electrons. The van der Waals surface area contributed by atoms with Gasteiger partial charge in [-0.15, -0.1) is 0 Å². The molecule has 2 heterocycles. The zero-order valence-electron chi connectivity index (χ0n) is 13.2. The number of carbonyl (C=O) groups excluding carboxylic acids is 2. The van der Waals surface area contributed by atoms with E-state index in [4.69, 9.17) is 4.74 Å². The summed E-state index contributed by atoms with van der Waals surface area (Å²) in [6.07, 6.45) is 2.02. The topological polar surface area (TPSA) is 63.9 Å². The molecule has 0 fully saturated rings. The number of ether oxygens (including phenoxy) is 1. The Labute approximate surface area is 129 Å². The number of nitrogens with zero attached hydrogens (tertiary/aromatic N) is 3. The van der Waals surface area contributed by atoms with Crippen molar-refractivity contribution in [3.05, 3.63) is 35.8 Å². The van der Waals surface area contributed by atoms with Crippen molar-refractivity contribution in [1.29, 1.82) is 0 Å². The van der Waals surface area contributed by atoms with Crippen LogP contribution in [-0.4, -0.2) is 45.9 Å². The van der Waals surface area contributed by atoms with Crippen molar-refractivity contribution in [2.24, 2.45) is 0 Å². The van der Waals surface area contributed by atoms with Crippen LogP contribution >= 0.6 is 0 Å². The maximum Gasteiger partial charge on any atom is 0.307 e. The Balaban J connectivity index is 2.20. The number of aromatic nitrogens is 2. The molecule has 2 aromatic heterocycles. The highest BCUT2D eigenvalue weighted by Gasteiger charge is 2.22. The average Bonchev–Trinajstić information content (AvgIpc) is 2.83. The monoisotopic (exact) mass is 303 g/mol. The number of amides is 1. The minimum Gasteiger partial charge on any atom is -0.466 e. The van der Waals surface area contributed by atoms with Gasteiger partial charge in [-0.05, 0) is 32.9 Å². The second-order valence-electron chi connectivity index (χ2n) is 4.91. The van der Waals surface area contributed by atoms with Crippen molar-refractivity contribution >= 4 is 17.5 Å². The molecule has 2 aromatic rings. The minimum atomic E-state index is -0.288. The van der Waals surface area contributed by atoms with Crippen molar-refractivity contribution in [3.8, 4) is 0 Å². The lowest BCUT2D eigenvalue weighted by Gasteiger charge is -2.20. The summed E-state index contributed by atoms with van der Waals surface area (Å²) in [6.45, 7) is 6.69. The zero-order chi connectivity index (χ0) is 16.1. The Morgan fingerprint density at radius 2 is 2.09 bits per heavy atom. The van der Waals surface area contributed by atoms with Gasteiger partial charge in [0.05, 0.1) is 18.7 Å². The Hall–Kier alpha value is -2.37. The van der Waals surface area contributed by atoms with Gasteiger partial charge in [-0.3, -0.25) is 14.0 Å². The number of aryl methyl sites for hydroxylation is 1. The molecule has 6 heteroatoms. The SMILES string of the molecule is CCOC(=O)CCN(CC)C(=O)c1c(C)nc2ccccn12. The largest absolute Gasteiger partial charge is 0.466 e. The van der Waals surface area contributed by atoms with E-state index in [0.717, 1.165) is 5.65 Å². The van der Waals surface area contributed by atoms with E-state index in [-0.39, 0.29) is 18.3 Å². The third kappa shape index (κ3) is 3.27. The van der Waals surface area contributed by atoms with Gasteiger partial charge in [0.2, 0.25) is 0 Å². The van der Waals surface area contributed by atoms with Crippen molar-refractivity contribution in [2.75, 3.05) is 19.7 Å². The molecule has 2 rings (SSSR count). The Morgan fingerprint density at radius 3 is 2.77 bits per heavy atom. The maximum atomic E-state index is 12.8. The van der Waals surface area contributed by atoms with Gasteiger partial charge in [-0.25, -0.2) is 4.98 Å². The highest BCUT2D eigenvalue weighted by Crippen LogP contribution is 2.14. The lowest BCUT2D eigenvalue weighted by molar-refractivity contribution is -0.143. The molecule has 0 spiro atoms. The standard InChI is InChI=1S/C16H21N3O3/c1-4-18(11-9-14(20)22-5-2)16(21)15-12(3)17-13-8-6-7-10-19(13)15/h6-8,10H,4-5,9,11H2,1-3H3. The summed E-state index contributed by atoms with van der Waals surface area (Å²) in [6, 6.07) is 5.60. The molecule has 0 saturated carbocycles. The first-order chi connectivity index (χ1) is 10.6. The Morgan fingerprint density at radius 1 is 1.32 bits per heavy atom. The van der Waals surface area contributed by atoms with E-state index in [2.05, 4.69) is 4.98 Å². The van der Waals surface area contributed by atoms with Gasteiger partial charge in [0.25, 0.3) is 5.91 Å². The lowest BCUT2D eigenvalue weighted by Crippen LogP contribution is -2.34. The van der Waals surface area contributed by atoms with E-state index in [1.807, 2.05) is 38.2 Å². The molecule has 1 amide bonds. The van der Waals surface area contributed by atoms with Crippen molar-refractivity contribution < 1.29 is 14.3 Å². The van der Waals surface area contributed by atoms with E-state index in [9.17, 15) is 9.59 Å². The number of hydrogen-bond acceptors (Lipinski definition) is 4. The number of hydrogen-bond donors (Lipinski definition) is 0. The van der Waals surface area contributed by atoms with Gasteiger partial charge in [0.1, 0.15) is 11.3 Å². The minimum absolute atomic E-state index is 0.122. The van der Waals surface area contributed by atoms with E-state index in [1.165, 1.54) is 0 Å². The molecule has 6 nitrogen and oxygen atoms in total. The highest BCUT2D eigenvalue weighted by molar-refractivity contribution is 5.94. The predicted molar refractivity (Wildman–Crippen MR) is 82.8 cm³/mol. The summed E-state index contributed by atoms with van der Waals surface area (Å²) in [5.41, 5.74) is 1.97. The number of carbonyl (C=O) groups is 2. The van der Waals surface area contributed by atoms with Gasteiger partial charge < -0.3 is 9.64 Å². The fraction of sp³-hybridized carbons (Fsp3) is 0.438. The maximum absolute atomic E-state index is 12.8. The van der Waals surface area contributed by atoms with Gasteiger partial charge >= 0.3 is 5.97 Å². The summed E-state index contributed by atoms with van der Waals surface area (Å²) < 4.78 is 6.69. The van der Waals surface area contributed by atoms with Crippen LogP contribution in [0.15, 0.2) is 24.4 Å². The molecular formula is C16H21N3O3. The number of fused-ring (bicyclic) bond motifs is 1. The second-order valence-corrected chi connectivity index (χ2v) is 4.91. The molecule has 0 aliphatic rings. The van der Waals surface area contributed by atoms with E-state index >= 15 is 0 Å². The van der Waals surface area contributed by atoms with Crippen molar-refractivity contribution in [3.63, 3.8) is 0 Å². The van der Waals surface area contributed by atoms with E-state index in [1.54, 1.807) is 16.2 Å².